The molecule has 6 rings (SSSR count). The Bertz CT molecular complexity index is 861. The van der Waals surface area contributed by atoms with E-state index in [1.165, 1.54) is 26.2 Å². The molecule has 2 heterocycles. The summed E-state index contributed by atoms with van der Waals surface area (Å²) in [5, 5.41) is 12.3. The molecule has 0 aromatic carbocycles. The zero-order chi connectivity index (χ0) is 25.0. The van der Waals surface area contributed by atoms with Gasteiger partial charge in [0.25, 0.3) is 0 Å². The van der Waals surface area contributed by atoms with E-state index in [0.717, 1.165) is 45.1 Å². The molecule has 35 heavy (non-hydrogen) atoms. The number of ether oxygens (including phenoxy) is 3. The molecule has 5 nitrogen and oxygen atoms in total. The topological polar surface area (TPSA) is 65.0 Å². The number of carbonyl (C=O) groups is 1. The molecular formula is C30H48O5. The maximum Gasteiger partial charge on any atom is 0.302 e. The van der Waals surface area contributed by atoms with Crippen molar-refractivity contribution in [2.75, 3.05) is 6.61 Å². The predicted octanol–water partition coefficient (Wildman–Crippen LogP) is 5.73. The summed E-state index contributed by atoms with van der Waals surface area (Å²) in [6.45, 7) is 14.1. The minimum Gasteiger partial charge on any atom is -0.463 e. The van der Waals surface area contributed by atoms with Gasteiger partial charge in [0.1, 0.15) is 6.10 Å². The van der Waals surface area contributed by atoms with Crippen LogP contribution in [0.25, 0.3) is 0 Å². The zero-order valence-corrected chi connectivity index (χ0v) is 22.8. The number of aliphatic hydroxyl groups is 1. The van der Waals surface area contributed by atoms with Crippen LogP contribution >= 0.6 is 0 Å². The molecular weight excluding hydrogens is 440 g/mol. The average molecular weight is 489 g/mol. The quantitative estimate of drug-likeness (QED) is 0.478. The standard InChI is InChI=1S/C30H48O5/c1-17-9-12-30(33-15-17)18(2)25-24(35-30)14-23-22-8-7-20-13-21(34-19(3)31)10-11-27(20,4)26(22)29(6,32)16-28(23,25)5/h17-18,20-26,32H,7-16H2,1-6H3/t17-,18+,20+,21-,22+,23-,24-,25+,26-,27-,28-,29-,30+/m0/s1. The largest absolute Gasteiger partial charge is 0.463 e. The van der Waals surface area contributed by atoms with Crippen LogP contribution in [0.5, 0.6) is 0 Å². The van der Waals surface area contributed by atoms with E-state index >= 15 is 0 Å². The molecule has 0 amide bonds. The van der Waals surface area contributed by atoms with Crippen LogP contribution in [-0.2, 0) is 19.0 Å². The molecule has 1 spiro atoms. The summed E-state index contributed by atoms with van der Waals surface area (Å²) in [4.78, 5) is 11.6. The van der Waals surface area contributed by atoms with Crippen LogP contribution in [0, 0.1) is 52.3 Å². The van der Waals surface area contributed by atoms with E-state index in [9.17, 15) is 9.90 Å². The maximum atomic E-state index is 12.3. The van der Waals surface area contributed by atoms with Crippen LogP contribution in [-0.4, -0.2) is 41.3 Å². The molecule has 0 aromatic rings. The lowest BCUT2D eigenvalue weighted by Gasteiger charge is -2.65. The molecule has 4 saturated carbocycles. The fourth-order valence-corrected chi connectivity index (χ4v) is 11.4. The summed E-state index contributed by atoms with van der Waals surface area (Å²) in [5.74, 6) is 2.85. The van der Waals surface area contributed by atoms with Gasteiger partial charge in [0.05, 0.1) is 18.3 Å². The smallest absolute Gasteiger partial charge is 0.302 e. The van der Waals surface area contributed by atoms with Crippen molar-refractivity contribution < 1.29 is 24.1 Å². The fourth-order valence-electron chi connectivity index (χ4n) is 11.4. The monoisotopic (exact) mass is 488 g/mol. The second-order valence-electron chi connectivity index (χ2n) is 14.5. The molecule has 2 aliphatic heterocycles. The minimum absolute atomic E-state index is 0.0513. The van der Waals surface area contributed by atoms with Gasteiger partial charge in [-0.05, 0) is 105 Å². The first-order valence-corrected chi connectivity index (χ1v) is 14.6. The molecule has 6 fully saturated rings. The van der Waals surface area contributed by atoms with Crippen molar-refractivity contribution in [2.24, 2.45) is 52.3 Å². The number of fused-ring (bicyclic) bond motifs is 7. The van der Waals surface area contributed by atoms with Gasteiger partial charge < -0.3 is 19.3 Å². The van der Waals surface area contributed by atoms with Gasteiger partial charge in [0.15, 0.2) is 5.79 Å². The van der Waals surface area contributed by atoms with Crippen molar-refractivity contribution in [3.63, 3.8) is 0 Å². The molecule has 0 unspecified atom stereocenters. The second kappa shape index (κ2) is 7.93. The summed E-state index contributed by atoms with van der Waals surface area (Å²) in [5.41, 5.74) is -0.495. The number of hydrogen-bond donors (Lipinski definition) is 1. The second-order valence-corrected chi connectivity index (χ2v) is 14.5. The first kappa shape index (κ1) is 24.7. The van der Waals surface area contributed by atoms with Gasteiger partial charge in [-0.2, -0.15) is 0 Å². The third-order valence-corrected chi connectivity index (χ3v) is 12.4. The fraction of sp³-hybridized carbons (Fsp3) is 0.967. The van der Waals surface area contributed by atoms with Crippen molar-refractivity contribution in [3.8, 4) is 0 Å². The lowest BCUT2D eigenvalue weighted by molar-refractivity contribution is -0.276. The molecule has 4 aliphatic carbocycles. The highest BCUT2D eigenvalue weighted by atomic mass is 16.7. The Morgan fingerprint density at radius 2 is 1.77 bits per heavy atom. The molecule has 0 radical (unpaired) electrons. The van der Waals surface area contributed by atoms with Crippen LogP contribution < -0.4 is 0 Å². The van der Waals surface area contributed by atoms with Crippen molar-refractivity contribution in [2.45, 2.75) is 123 Å². The summed E-state index contributed by atoms with van der Waals surface area (Å²) >= 11 is 0. The van der Waals surface area contributed by atoms with Gasteiger partial charge in [-0.25, -0.2) is 0 Å². The van der Waals surface area contributed by atoms with Crippen molar-refractivity contribution in [1.82, 2.24) is 0 Å². The molecule has 6 aliphatic rings. The third kappa shape index (κ3) is 3.46. The Hall–Kier alpha value is -0.650. The number of hydrogen-bond acceptors (Lipinski definition) is 5. The Morgan fingerprint density at radius 3 is 2.46 bits per heavy atom. The van der Waals surface area contributed by atoms with Crippen LogP contribution in [0.4, 0.5) is 0 Å². The lowest BCUT2D eigenvalue weighted by atomic mass is 9.41. The maximum absolute atomic E-state index is 12.3. The first-order chi connectivity index (χ1) is 16.4. The molecule has 1 N–H and O–H groups in total. The van der Waals surface area contributed by atoms with Gasteiger partial charge >= 0.3 is 5.97 Å². The Labute approximate surface area is 212 Å². The Kier molecular flexibility index (Phi) is 5.59. The van der Waals surface area contributed by atoms with Crippen LogP contribution in [0.3, 0.4) is 0 Å². The van der Waals surface area contributed by atoms with E-state index in [-0.39, 0.29) is 29.0 Å². The van der Waals surface area contributed by atoms with Gasteiger partial charge in [-0.1, -0.05) is 27.7 Å². The zero-order valence-electron chi connectivity index (χ0n) is 22.8. The Balaban J connectivity index is 1.28. The van der Waals surface area contributed by atoms with E-state index in [1.54, 1.807) is 0 Å². The number of esters is 1. The third-order valence-electron chi connectivity index (χ3n) is 12.4. The summed E-state index contributed by atoms with van der Waals surface area (Å²) < 4.78 is 19.0. The molecule has 5 heteroatoms. The first-order valence-electron chi connectivity index (χ1n) is 14.6. The molecule has 2 saturated heterocycles. The van der Waals surface area contributed by atoms with Crippen molar-refractivity contribution >= 4 is 5.97 Å². The van der Waals surface area contributed by atoms with Gasteiger partial charge in [-0.3, -0.25) is 4.79 Å². The molecule has 198 valence electrons. The SMILES string of the molecule is CC(=O)O[C@H]1CC[C@@]2(C)[C@H](CC[C@@H]3[C@@H]4C[C@@H]5O[C@]6(CC[C@H](C)CO6)[C@H](C)[C@H]5[C@@]4(C)C[C@](C)(O)[C@@H]32)C1. The van der Waals surface area contributed by atoms with Gasteiger partial charge in [0, 0.05) is 19.3 Å². The Morgan fingerprint density at radius 1 is 1.00 bits per heavy atom. The summed E-state index contributed by atoms with van der Waals surface area (Å²) in [7, 11) is 0. The van der Waals surface area contributed by atoms with E-state index in [1.807, 2.05) is 0 Å². The summed E-state index contributed by atoms with van der Waals surface area (Å²) in [6, 6.07) is 0. The van der Waals surface area contributed by atoms with Crippen LogP contribution in [0.2, 0.25) is 0 Å². The highest BCUT2D eigenvalue weighted by Gasteiger charge is 2.72. The molecule has 13 atom stereocenters. The van der Waals surface area contributed by atoms with Gasteiger partial charge in [0.2, 0.25) is 0 Å². The average Bonchev–Trinajstić information content (AvgIpc) is 3.19. The van der Waals surface area contributed by atoms with Gasteiger partial charge in [-0.15, -0.1) is 0 Å². The number of carbonyl (C=O) groups excluding carboxylic acids is 1. The summed E-state index contributed by atoms with van der Waals surface area (Å²) in [6.07, 6.45) is 9.79. The molecule has 0 bridgehead atoms. The number of rotatable bonds is 1. The van der Waals surface area contributed by atoms with Crippen LogP contribution in [0.15, 0.2) is 0 Å². The predicted molar refractivity (Wildman–Crippen MR) is 133 cm³/mol. The van der Waals surface area contributed by atoms with Crippen molar-refractivity contribution in [1.29, 1.82) is 0 Å². The van der Waals surface area contributed by atoms with Crippen LogP contribution in [0.1, 0.15) is 99.3 Å². The van der Waals surface area contributed by atoms with E-state index < -0.39 is 11.4 Å². The molecule has 0 aromatic heterocycles. The van der Waals surface area contributed by atoms with Crippen molar-refractivity contribution in [3.05, 3.63) is 0 Å². The highest BCUT2D eigenvalue weighted by Crippen LogP contribution is 2.73. The van der Waals surface area contributed by atoms with E-state index in [2.05, 4.69) is 34.6 Å². The van der Waals surface area contributed by atoms with E-state index in [4.69, 9.17) is 14.2 Å². The lowest BCUT2D eigenvalue weighted by Crippen LogP contribution is -2.64. The highest BCUT2D eigenvalue weighted by molar-refractivity contribution is 5.66. The normalized spacial score (nSPS) is 59.3. The minimum atomic E-state index is -0.691. The van der Waals surface area contributed by atoms with E-state index in [0.29, 0.717) is 41.4 Å².